The van der Waals surface area contributed by atoms with Gasteiger partial charge in [0.2, 0.25) is 17.7 Å². The first-order valence-corrected chi connectivity index (χ1v) is 7.44. The Balaban J connectivity index is 1.98. The minimum absolute atomic E-state index is 0.190. The van der Waals surface area contributed by atoms with Gasteiger partial charge < -0.3 is 20.7 Å². The Morgan fingerprint density at radius 3 is 2.35 bits per heavy atom. The van der Waals surface area contributed by atoms with Gasteiger partial charge in [-0.15, -0.1) is 0 Å². The van der Waals surface area contributed by atoms with Gasteiger partial charge in [0, 0.05) is 32.0 Å². The Labute approximate surface area is 134 Å². The van der Waals surface area contributed by atoms with Crippen LogP contribution in [-0.4, -0.2) is 38.0 Å². The number of carbonyl (C=O) groups excluding carboxylic acids is 3. The largest absolute Gasteiger partial charge is 0.383 e. The van der Waals surface area contributed by atoms with Crippen LogP contribution in [0.1, 0.15) is 19.8 Å². The smallest absolute Gasteiger partial charge is 0.240 e. The van der Waals surface area contributed by atoms with Gasteiger partial charge in [0.1, 0.15) is 5.41 Å². The zero-order valence-electron chi connectivity index (χ0n) is 13.3. The standard InChI is InChI=1S/C16H21N3O4/c1-11(20)18-12-4-3-5-13(10-12)19-15(22)16(6-7-16)14(21)17-8-9-23-2/h3-5,10H,6-9H2,1-2H3,(H,17,21)(H,18,20)(H,19,22). The molecule has 0 aliphatic heterocycles. The maximum absolute atomic E-state index is 12.4. The highest BCUT2D eigenvalue weighted by Gasteiger charge is 2.56. The second-order valence-electron chi connectivity index (χ2n) is 5.55. The van der Waals surface area contributed by atoms with Crippen LogP contribution in [0.2, 0.25) is 0 Å². The summed E-state index contributed by atoms with van der Waals surface area (Å²) in [4.78, 5) is 35.6. The van der Waals surface area contributed by atoms with E-state index in [0.717, 1.165) is 0 Å². The second-order valence-corrected chi connectivity index (χ2v) is 5.55. The molecular formula is C16H21N3O4. The van der Waals surface area contributed by atoms with Crippen LogP contribution in [0, 0.1) is 5.41 Å². The molecule has 23 heavy (non-hydrogen) atoms. The van der Waals surface area contributed by atoms with Gasteiger partial charge in [0.15, 0.2) is 0 Å². The van der Waals surface area contributed by atoms with E-state index in [1.807, 2.05) is 0 Å². The first-order chi connectivity index (χ1) is 11.0. The molecule has 1 aromatic rings. The molecule has 2 rings (SSSR count). The summed E-state index contributed by atoms with van der Waals surface area (Å²) in [5.74, 6) is -0.790. The van der Waals surface area contributed by atoms with E-state index in [-0.39, 0.29) is 17.7 Å². The number of anilines is 2. The van der Waals surface area contributed by atoms with Crippen molar-refractivity contribution in [1.82, 2.24) is 5.32 Å². The average Bonchev–Trinajstić information content (AvgIpc) is 3.28. The molecule has 1 fully saturated rings. The summed E-state index contributed by atoms with van der Waals surface area (Å²) in [5, 5.41) is 8.10. The van der Waals surface area contributed by atoms with Gasteiger partial charge in [-0.05, 0) is 31.0 Å². The van der Waals surface area contributed by atoms with Crippen molar-refractivity contribution in [3.63, 3.8) is 0 Å². The summed E-state index contributed by atoms with van der Waals surface area (Å²) in [6, 6.07) is 6.81. The number of hydrogen-bond donors (Lipinski definition) is 3. The molecule has 0 atom stereocenters. The molecule has 7 nitrogen and oxygen atoms in total. The van der Waals surface area contributed by atoms with Gasteiger partial charge in [0.05, 0.1) is 6.61 Å². The third-order valence-electron chi connectivity index (χ3n) is 3.65. The van der Waals surface area contributed by atoms with Gasteiger partial charge in [0.25, 0.3) is 0 Å². The monoisotopic (exact) mass is 319 g/mol. The topological polar surface area (TPSA) is 96.5 Å². The Hall–Kier alpha value is -2.41. The van der Waals surface area contributed by atoms with Crippen molar-refractivity contribution in [3.05, 3.63) is 24.3 Å². The normalized spacial score (nSPS) is 14.7. The Morgan fingerprint density at radius 2 is 1.78 bits per heavy atom. The fraction of sp³-hybridized carbons (Fsp3) is 0.438. The highest BCUT2D eigenvalue weighted by atomic mass is 16.5. The lowest BCUT2D eigenvalue weighted by Crippen LogP contribution is -2.41. The molecule has 7 heteroatoms. The highest BCUT2D eigenvalue weighted by molar-refractivity contribution is 6.13. The lowest BCUT2D eigenvalue weighted by atomic mass is 10.0. The van der Waals surface area contributed by atoms with Crippen molar-refractivity contribution in [1.29, 1.82) is 0 Å². The molecule has 1 aromatic carbocycles. The Morgan fingerprint density at radius 1 is 1.13 bits per heavy atom. The molecule has 0 unspecified atom stereocenters. The van der Waals surface area contributed by atoms with E-state index in [9.17, 15) is 14.4 Å². The Bertz CT molecular complexity index is 611. The van der Waals surface area contributed by atoms with Gasteiger partial charge in [-0.25, -0.2) is 0 Å². The minimum atomic E-state index is -0.988. The van der Waals surface area contributed by atoms with Crippen LogP contribution in [0.5, 0.6) is 0 Å². The van der Waals surface area contributed by atoms with E-state index in [2.05, 4.69) is 16.0 Å². The van der Waals surface area contributed by atoms with E-state index in [1.54, 1.807) is 31.4 Å². The molecule has 1 aliphatic carbocycles. The number of methoxy groups -OCH3 is 1. The Kier molecular flexibility index (Phi) is 5.33. The molecule has 0 heterocycles. The van der Waals surface area contributed by atoms with E-state index in [1.165, 1.54) is 6.92 Å². The first kappa shape index (κ1) is 17.0. The predicted molar refractivity (Wildman–Crippen MR) is 85.9 cm³/mol. The summed E-state index contributed by atoms with van der Waals surface area (Å²) < 4.78 is 4.88. The van der Waals surface area contributed by atoms with Crippen LogP contribution in [0.3, 0.4) is 0 Å². The number of nitrogens with one attached hydrogen (secondary N) is 3. The van der Waals surface area contributed by atoms with E-state index in [4.69, 9.17) is 4.74 Å². The number of hydrogen-bond acceptors (Lipinski definition) is 4. The van der Waals surface area contributed by atoms with Crippen LogP contribution >= 0.6 is 0 Å². The summed E-state index contributed by atoms with van der Waals surface area (Å²) in [5.41, 5.74) is 0.138. The maximum atomic E-state index is 12.4. The lowest BCUT2D eigenvalue weighted by molar-refractivity contribution is -0.134. The number of carbonyl (C=O) groups is 3. The molecule has 0 bridgehead atoms. The third kappa shape index (κ3) is 4.29. The molecule has 0 radical (unpaired) electrons. The zero-order chi connectivity index (χ0) is 16.9. The van der Waals surface area contributed by atoms with Gasteiger partial charge in [-0.3, -0.25) is 14.4 Å². The quantitative estimate of drug-likeness (QED) is 0.518. The molecule has 3 N–H and O–H groups in total. The fourth-order valence-electron chi connectivity index (χ4n) is 2.25. The molecular weight excluding hydrogens is 298 g/mol. The zero-order valence-corrected chi connectivity index (χ0v) is 13.3. The number of ether oxygens (including phenoxy) is 1. The summed E-state index contributed by atoms with van der Waals surface area (Å²) in [6.45, 7) is 2.19. The third-order valence-corrected chi connectivity index (χ3v) is 3.65. The molecule has 0 spiro atoms. The van der Waals surface area contributed by atoms with Crippen molar-refractivity contribution < 1.29 is 19.1 Å². The fourth-order valence-corrected chi connectivity index (χ4v) is 2.25. The van der Waals surface area contributed by atoms with Gasteiger partial charge in [-0.1, -0.05) is 6.07 Å². The first-order valence-electron chi connectivity index (χ1n) is 7.44. The summed E-state index contributed by atoms with van der Waals surface area (Å²) >= 11 is 0. The van der Waals surface area contributed by atoms with E-state index in [0.29, 0.717) is 37.4 Å². The van der Waals surface area contributed by atoms with Crippen molar-refractivity contribution in [2.24, 2.45) is 5.41 Å². The van der Waals surface area contributed by atoms with Crippen molar-refractivity contribution in [2.45, 2.75) is 19.8 Å². The summed E-state index contributed by atoms with van der Waals surface area (Å²) in [6.07, 6.45) is 1.06. The van der Waals surface area contributed by atoms with Crippen LogP contribution < -0.4 is 16.0 Å². The highest BCUT2D eigenvalue weighted by Crippen LogP contribution is 2.46. The molecule has 0 saturated heterocycles. The SMILES string of the molecule is COCCNC(=O)C1(C(=O)Nc2cccc(NC(C)=O)c2)CC1. The van der Waals surface area contributed by atoms with Crippen molar-refractivity contribution >= 4 is 29.1 Å². The molecule has 1 aliphatic rings. The van der Waals surface area contributed by atoms with E-state index >= 15 is 0 Å². The minimum Gasteiger partial charge on any atom is -0.383 e. The lowest BCUT2D eigenvalue weighted by Gasteiger charge is -2.15. The average molecular weight is 319 g/mol. The number of amides is 3. The number of rotatable bonds is 7. The molecule has 1 saturated carbocycles. The van der Waals surface area contributed by atoms with Gasteiger partial charge >= 0.3 is 0 Å². The van der Waals surface area contributed by atoms with Crippen LogP contribution in [0.15, 0.2) is 24.3 Å². The predicted octanol–water partition coefficient (Wildman–Crippen LogP) is 1.13. The van der Waals surface area contributed by atoms with Crippen molar-refractivity contribution in [3.8, 4) is 0 Å². The summed E-state index contributed by atoms with van der Waals surface area (Å²) in [7, 11) is 1.55. The number of benzene rings is 1. The van der Waals surface area contributed by atoms with Crippen LogP contribution in [-0.2, 0) is 19.1 Å². The van der Waals surface area contributed by atoms with Crippen LogP contribution in [0.4, 0.5) is 11.4 Å². The molecule has 3 amide bonds. The van der Waals surface area contributed by atoms with Crippen molar-refractivity contribution in [2.75, 3.05) is 30.9 Å². The van der Waals surface area contributed by atoms with E-state index < -0.39 is 5.41 Å². The van der Waals surface area contributed by atoms with Gasteiger partial charge in [-0.2, -0.15) is 0 Å². The molecule has 0 aromatic heterocycles. The molecule has 124 valence electrons. The van der Waals surface area contributed by atoms with Crippen LogP contribution in [0.25, 0.3) is 0 Å². The maximum Gasteiger partial charge on any atom is 0.240 e. The second kappa shape index (κ2) is 7.23.